The van der Waals surface area contributed by atoms with Gasteiger partial charge in [0.05, 0.1) is 21.3 Å². The Kier molecular flexibility index (Phi) is 4.66. The molecule has 0 saturated heterocycles. The molecule has 0 aliphatic heterocycles. The Balaban J connectivity index is 2.29. The normalized spacial score (nSPS) is 10.7. The second-order valence-corrected chi connectivity index (χ2v) is 6.08. The fourth-order valence-corrected chi connectivity index (χ4v) is 3.14. The van der Waals surface area contributed by atoms with Crippen molar-refractivity contribution in [2.24, 2.45) is 0 Å². The molecule has 3 rings (SSSR count). The Morgan fingerprint density at radius 2 is 1.58 bits per heavy atom. The lowest BCUT2D eigenvalue weighted by Crippen LogP contribution is -2.09. The summed E-state index contributed by atoms with van der Waals surface area (Å²) in [5.74, 6) is 2.23. The Labute approximate surface area is 152 Å². The number of hydrogen-bond acceptors (Lipinski definition) is 5. The van der Waals surface area contributed by atoms with Gasteiger partial charge < -0.3 is 18.6 Å². The Morgan fingerprint density at radius 3 is 2.17 bits per heavy atom. The summed E-state index contributed by atoms with van der Waals surface area (Å²) in [4.78, 5) is 12.8. The van der Waals surface area contributed by atoms with Gasteiger partial charge in [-0.05, 0) is 46.9 Å². The van der Waals surface area contributed by atoms with Crippen molar-refractivity contribution in [3.05, 3.63) is 50.2 Å². The molecule has 0 radical (unpaired) electrons. The summed E-state index contributed by atoms with van der Waals surface area (Å²) in [7, 11) is 4.67. The molecule has 0 amide bonds. The molecule has 6 heteroatoms. The van der Waals surface area contributed by atoms with E-state index in [9.17, 15) is 4.79 Å². The van der Waals surface area contributed by atoms with Gasteiger partial charge in [-0.2, -0.15) is 0 Å². The van der Waals surface area contributed by atoms with Crippen LogP contribution in [0.1, 0.15) is 0 Å². The zero-order valence-corrected chi connectivity index (χ0v) is 15.5. The Hall–Kier alpha value is -2.22. The van der Waals surface area contributed by atoms with Gasteiger partial charge in [0.15, 0.2) is 5.76 Å². The molecule has 0 aliphatic rings. The Morgan fingerprint density at radius 1 is 0.917 bits per heavy atom. The van der Waals surface area contributed by atoms with Crippen LogP contribution in [0.5, 0.6) is 17.2 Å². The zero-order valence-electron chi connectivity index (χ0n) is 13.4. The smallest absolute Gasteiger partial charge is 0.210 e. The van der Waals surface area contributed by atoms with Crippen molar-refractivity contribution in [1.82, 2.24) is 0 Å². The summed E-state index contributed by atoms with van der Waals surface area (Å²) < 4.78 is 22.2. The van der Waals surface area contributed by atoms with Crippen molar-refractivity contribution in [2.45, 2.75) is 0 Å². The molecule has 124 valence electrons. The van der Waals surface area contributed by atoms with Crippen LogP contribution in [0.3, 0.4) is 0 Å². The fraction of sp³-hybridized carbons (Fsp3) is 0.167. The number of hydrogen-bond donors (Lipinski definition) is 0. The first-order chi connectivity index (χ1) is 11.6. The van der Waals surface area contributed by atoms with E-state index in [2.05, 4.69) is 0 Å². The van der Waals surface area contributed by atoms with Crippen LogP contribution >= 0.6 is 22.6 Å². The van der Waals surface area contributed by atoms with Gasteiger partial charge in [-0.25, -0.2) is 0 Å². The molecule has 0 aliphatic carbocycles. The number of rotatable bonds is 4. The van der Waals surface area contributed by atoms with Crippen LogP contribution in [0.2, 0.25) is 0 Å². The topological polar surface area (TPSA) is 57.9 Å². The lowest BCUT2D eigenvalue weighted by molar-refractivity contribution is 0.396. The van der Waals surface area contributed by atoms with Crippen molar-refractivity contribution in [3.63, 3.8) is 0 Å². The van der Waals surface area contributed by atoms with Gasteiger partial charge in [0, 0.05) is 17.7 Å². The van der Waals surface area contributed by atoms with Gasteiger partial charge in [-0.1, -0.05) is 0 Å². The lowest BCUT2D eigenvalue weighted by atomic mass is 10.1. The van der Waals surface area contributed by atoms with E-state index < -0.39 is 0 Å². The van der Waals surface area contributed by atoms with Gasteiger partial charge in [0.1, 0.15) is 31.8 Å². The van der Waals surface area contributed by atoms with Crippen molar-refractivity contribution < 1.29 is 18.6 Å². The molecule has 0 unspecified atom stereocenters. The minimum Gasteiger partial charge on any atom is -0.497 e. The summed E-state index contributed by atoms with van der Waals surface area (Å²) in [5.41, 5.74) is 1.07. The van der Waals surface area contributed by atoms with Crippen molar-refractivity contribution in [2.75, 3.05) is 21.3 Å². The van der Waals surface area contributed by atoms with E-state index in [1.165, 1.54) is 7.11 Å². The maximum atomic E-state index is 12.8. The van der Waals surface area contributed by atoms with Crippen LogP contribution in [0.15, 0.2) is 45.6 Å². The van der Waals surface area contributed by atoms with Gasteiger partial charge in [0.25, 0.3) is 0 Å². The number of halogens is 1. The molecule has 1 aromatic heterocycles. The van der Waals surface area contributed by atoms with E-state index in [0.29, 0.717) is 31.8 Å². The molecular formula is C18H15IO5. The van der Waals surface area contributed by atoms with Gasteiger partial charge in [-0.15, -0.1) is 0 Å². The average Bonchev–Trinajstić information content (AvgIpc) is 2.63. The molecule has 0 saturated carbocycles. The molecule has 3 aromatic rings. The minimum atomic E-state index is -0.137. The summed E-state index contributed by atoms with van der Waals surface area (Å²) >= 11 is 2.00. The predicted molar refractivity (Wildman–Crippen MR) is 100 cm³/mol. The summed E-state index contributed by atoms with van der Waals surface area (Å²) in [6.45, 7) is 0. The van der Waals surface area contributed by atoms with E-state index in [1.807, 2.05) is 46.9 Å². The van der Waals surface area contributed by atoms with Gasteiger partial charge in [-0.3, -0.25) is 4.79 Å². The highest BCUT2D eigenvalue weighted by Gasteiger charge is 2.18. The maximum absolute atomic E-state index is 12.8. The Bertz CT molecular complexity index is 944. The summed E-state index contributed by atoms with van der Waals surface area (Å²) in [5, 5.41) is 0.403. The molecule has 24 heavy (non-hydrogen) atoms. The molecule has 0 atom stereocenters. The number of benzene rings is 2. The first-order valence-corrected chi connectivity index (χ1v) is 8.19. The van der Waals surface area contributed by atoms with Gasteiger partial charge >= 0.3 is 0 Å². The highest BCUT2D eigenvalue weighted by atomic mass is 127. The second-order valence-electron chi connectivity index (χ2n) is 5.01. The van der Waals surface area contributed by atoms with Crippen LogP contribution in [-0.4, -0.2) is 21.3 Å². The van der Waals surface area contributed by atoms with Gasteiger partial charge in [0.2, 0.25) is 5.43 Å². The first-order valence-electron chi connectivity index (χ1n) is 7.11. The first kappa shape index (κ1) is 16.6. The molecule has 0 fully saturated rings. The van der Waals surface area contributed by atoms with E-state index in [1.54, 1.807) is 26.4 Å². The number of ether oxygens (including phenoxy) is 3. The van der Waals surface area contributed by atoms with E-state index in [0.717, 1.165) is 11.3 Å². The predicted octanol–water partition coefficient (Wildman–Crippen LogP) is 4.09. The highest BCUT2D eigenvalue weighted by Crippen LogP contribution is 2.34. The quantitative estimate of drug-likeness (QED) is 0.575. The third-order valence-corrected chi connectivity index (χ3v) is 4.66. The van der Waals surface area contributed by atoms with E-state index >= 15 is 0 Å². The summed E-state index contributed by atoms with van der Waals surface area (Å²) in [6, 6.07) is 10.7. The highest BCUT2D eigenvalue weighted by molar-refractivity contribution is 14.1. The van der Waals surface area contributed by atoms with Crippen LogP contribution in [0.25, 0.3) is 22.3 Å². The van der Waals surface area contributed by atoms with Crippen LogP contribution in [0.4, 0.5) is 0 Å². The second kappa shape index (κ2) is 6.72. The average molecular weight is 438 g/mol. The third-order valence-electron chi connectivity index (χ3n) is 3.69. The molecule has 0 bridgehead atoms. The maximum Gasteiger partial charge on any atom is 0.210 e. The van der Waals surface area contributed by atoms with E-state index in [4.69, 9.17) is 18.6 Å². The SMILES string of the molecule is COc1ccc(-c2oc3cc(OC)cc(OC)c3c(=O)c2I)cc1. The van der Waals surface area contributed by atoms with Crippen molar-refractivity contribution in [1.29, 1.82) is 0 Å². The molecule has 5 nitrogen and oxygen atoms in total. The largest absolute Gasteiger partial charge is 0.497 e. The molecular weight excluding hydrogens is 423 g/mol. The monoisotopic (exact) mass is 438 g/mol. The third kappa shape index (κ3) is 2.82. The molecule has 1 heterocycles. The van der Waals surface area contributed by atoms with E-state index in [-0.39, 0.29) is 5.43 Å². The zero-order chi connectivity index (χ0) is 17.3. The van der Waals surface area contributed by atoms with Crippen molar-refractivity contribution in [3.8, 4) is 28.6 Å². The lowest BCUT2D eigenvalue weighted by Gasteiger charge is -2.11. The standard InChI is InChI=1S/C18H15IO5/c1-21-11-6-4-10(5-7-11)18-16(19)17(20)15-13(23-3)8-12(22-2)9-14(15)24-18/h4-9H,1-3H3. The molecule has 0 N–H and O–H groups in total. The summed E-state index contributed by atoms with van der Waals surface area (Å²) in [6.07, 6.45) is 0. The molecule has 2 aromatic carbocycles. The number of methoxy groups -OCH3 is 3. The van der Waals surface area contributed by atoms with Crippen LogP contribution < -0.4 is 19.6 Å². The fourth-order valence-electron chi connectivity index (χ4n) is 2.44. The molecule has 0 spiro atoms. The van der Waals surface area contributed by atoms with Crippen LogP contribution in [-0.2, 0) is 0 Å². The number of fused-ring (bicyclic) bond motifs is 1. The minimum absolute atomic E-state index is 0.137. The van der Waals surface area contributed by atoms with Crippen molar-refractivity contribution >= 4 is 33.6 Å². The van der Waals surface area contributed by atoms with Crippen LogP contribution in [0, 0.1) is 3.57 Å².